The minimum absolute atomic E-state index is 0.242. The summed E-state index contributed by atoms with van der Waals surface area (Å²) >= 11 is 0. The zero-order chi connectivity index (χ0) is 16.7. The quantitative estimate of drug-likeness (QED) is 0.853. The van der Waals surface area contributed by atoms with Crippen molar-refractivity contribution in [3.63, 3.8) is 0 Å². The molecular formula is C18H21NO4. The van der Waals surface area contributed by atoms with Crippen molar-refractivity contribution in [3.05, 3.63) is 53.6 Å². The molecule has 5 nitrogen and oxygen atoms in total. The summed E-state index contributed by atoms with van der Waals surface area (Å²) in [7, 11) is 3.05. The van der Waals surface area contributed by atoms with Gasteiger partial charge >= 0.3 is 0 Å². The summed E-state index contributed by atoms with van der Waals surface area (Å²) in [4.78, 5) is 12.5. The van der Waals surface area contributed by atoms with Gasteiger partial charge in [0, 0.05) is 6.54 Å². The molecule has 23 heavy (non-hydrogen) atoms. The average molecular weight is 315 g/mol. The third-order valence-corrected chi connectivity index (χ3v) is 3.34. The van der Waals surface area contributed by atoms with Gasteiger partial charge < -0.3 is 19.5 Å². The highest BCUT2D eigenvalue weighted by atomic mass is 16.5. The van der Waals surface area contributed by atoms with Crippen LogP contribution < -0.4 is 19.5 Å². The third kappa shape index (κ3) is 4.16. The van der Waals surface area contributed by atoms with Crippen molar-refractivity contribution in [2.24, 2.45) is 0 Å². The Kier molecular flexibility index (Phi) is 5.86. The Morgan fingerprint density at radius 3 is 2.13 bits per heavy atom. The Bertz CT molecular complexity index is 630. The first kappa shape index (κ1) is 16.7. The van der Waals surface area contributed by atoms with Crippen LogP contribution >= 0.6 is 0 Å². The lowest BCUT2D eigenvalue weighted by atomic mass is 10.1. The van der Waals surface area contributed by atoms with E-state index in [1.807, 2.05) is 31.2 Å². The molecule has 1 amide bonds. The number of carbonyl (C=O) groups excluding carboxylic acids is 1. The summed E-state index contributed by atoms with van der Waals surface area (Å²) in [5.74, 6) is 1.53. The van der Waals surface area contributed by atoms with Crippen molar-refractivity contribution in [2.75, 3.05) is 20.8 Å². The van der Waals surface area contributed by atoms with Gasteiger partial charge in [-0.15, -0.1) is 0 Å². The summed E-state index contributed by atoms with van der Waals surface area (Å²) in [6.45, 7) is 2.98. The Labute approximate surface area is 136 Å². The van der Waals surface area contributed by atoms with Gasteiger partial charge in [0.1, 0.15) is 22.8 Å². The van der Waals surface area contributed by atoms with Gasteiger partial charge in [-0.1, -0.05) is 18.2 Å². The van der Waals surface area contributed by atoms with Crippen LogP contribution in [0, 0.1) is 0 Å². The van der Waals surface area contributed by atoms with Crippen molar-refractivity contribution in [2.45, 2.75) is 13.5 Å². The highest BCUT2D eigenvalue weighted by molar-refractivity contribution is 5.99. The highest BCUT2D eigenvalue weighted by Gasteiger charge is 2.17. The van der Waals surface area contributed by atoms with Crippen LogP contribution in [0.2, 0.25) is 0 Å². The van der Waals surface area contributed by atoms with Crippen molar-refractivity contribution < 1.29 is 19.0 Å². The fraction of sp³-hybridized carbons (Fsp3) is 0.278. The number of methoxy groups -OCH3 is 2. The van der Waals surface area contributed by atoms with Crippen LogP contribution in [-0.4, -0.2) is 26.7 Å². The fourth-order valence-electron chi connectivity index (χ4n) is 2.22. The molecule has 0 aliphatic carbocycles. The summed E-state index contributed by atoms with van der Waals surface area (Å²) < 4.78 is 15.9. The lowest BCUT2D eigenvalue weighted by molar-refractivity contribution is 0.0944. The molecule has 0 radical (unpaired) electrons. The highest BCUT2D eigenvalue weighted by Crippen LogP contribution is 2.28. The lowest BCUT2D eigenvalue weighted by Crippen LogP contribution is -2.24. The average Bonchev–Trinajstić information content (AvgIpc) is 2.60. The van der Waals surface area contributed by atoms with E-state index >= 15 is 0 Å². The topological polar surface area (TPSA) is 56.8 Å². The maximum Gasteiger partial charge on any atom is 0.259 e. The van der Waals surface area contributed by atoms with Gasteiger partial charge in [0.05, 0.1) is 20.8 Å². The Hall–Kier alpha value is -2.69. The number of hydrogen-bond donors (Lipinski definition) is 1. The molecule has 2 aromatic rings. The minimum atomic E-state index is -0.242. The molecule has 0 atom stereocenters. The normalized spacial score (nSPS) is 10.0. The van der Waals surface area contributed by atoms with Gasteiger partial charge in [-0.25, -0.2) is 0 Å². The lowest BCUT2D eigenvalue weighted by Gasteiger charge is -2.13. The summed E-state index contributed by atoms with van der Waals surface area (Å²) in [5.41, 5.74) is 1.37. The number of carbonyl (C=O) groups is 1. The number of rotatable bonds is 7. The van der Waals surface area contributed by atoms with E-state index < -0.39 is 0 Å². The number of nitrogens with one attached hydrogen (secondary N) is 1. The Morgan fingerprint density at radius 2 is 1.61 bits per heavy atom. The second-order valence-corrected chi connectivity index (χ2v) is 4.80. The van der Waals surface area contributed by atoms with Crippen molar-refractivity contribution >= 4 is 5.91 Å². The van der Waals surface area contributed by atoms with E-state index in [-0.39, 0.29) is 5.91 Å². The van der Waals surface area contributed by atoms with Gasteiger partial charge in [0.15, 0.2) is 0 Å². The molecule has 0 fully saturated rings. The largest absolute Gasteiger partial charge is 0.496 e. The molecule has 5 heteroatoms. The standard InChI is InChI=1S/C18H21NO4/c1-4-23-14-10-8-13(9-11-14)12-19-18(20)17-15(21-2)6-5-7-16(17)22-3/h5-11H,4,12H2,1-3H3,(H,19,20). The summed E-state index contributed by atoms with van der Waals surface area (Å²) in [5, 5.41) is 2.88. The zero-order valence-corrected chi connectivity index (χ0v) is 13.6. The van der Waals surface area contributed by atoms with Crippen LogP contribution in [0.5, 0.6) is 17.2 Å². The van der Waals surface area contributed by atoms with Crippen LogP contribution in [0.1, 0.15) is 22.8 Å². The molecule has 1 N–H and O–H groups in total. The molecule has 0 saturated heterocycles. The maximum atomic E-state index is 12.5. The van der Waals surface area contributed by atoms with E-state index in [4.69, 9.17) is 14.2 Å². The Morgan fingerprint density at radius 1 is 1.00 bits per heavy atom. The molecule has 0 aliphatic heterocycles. The molecule has 122 valence electrons. The number of hydrogen-bond acceptors (Lipinski definition) is 4. The Balaban J connectivity index is 2.07. The van der Waals surface area contributed by atoms with Crippen LogP contribution in [-0.2, 0) is 6.54 Å². The van der Waals surface area contributed by atoms with E-state index in [1.165, 1.54) is 14.2 Å². The van der Waals surface area contributed by atoms with Gasteiger partial charge in [0.25, 0.3) is 5.91 Å². The van der Waals surface area contributed by atoms with Gasteiger partial charge in [-0.2, -0.15) is 0 Å². The number of benzene rings is 2. The summed E-state index contributed by atoms with van der Waals surface area (Å²) in [6, 6.07) is 12.8. The SMILES string of the molecule is CCOc1ccc(CNC(=O)c2c(OC)cccc2OC)cc1. The molecule has 0 bridgehead atoms. The van der Waals surface area contributed by atoms with E-state index in [0.29, 0.717) is 30.2 Å². The van der Waals surface area contributed by atoms with E-state index in [9.17, 15) is 4.79 Å². The molecule has 0 spiro atoms. The minimum Gasteiger partial charge on any atom is -0.496 e. The predicted octanol–water partition coefficient (Wildman–Crippen LogP) is 3.03. The first-order chi connectivity index (χ1) is 11.2. The van der Waals surface area contributed by atoms with Crippen LogP contribution in [0.25, 0.3) is 0 Å². The molecule has 2 aromatic carbocycles. The zero-order valence-electron chi connectivity index (χ0n) is 13.6. The second kappa shape index (κ2) is 8.08. The van der Waals surface area contributed by atoms with Crippen LogP contribution in [0.4, 0.5) is 0 Å². The molecule has 0 heterocycles. The van der Waals surface area contributed by atoms with E-state index in [1.54, 1.807) is 18.2 Å². The monoisotopic (exact) mass is 315 g/mol. The van der Waals surface area contributed by atoms with Crippen LogP contribution in [0.3, 0.4) is 0 Å². The van der Waals surface area contributed by atoms with E-state index in [0.717, 1.165) is 11.3 Å². The molecule has 0 aliphatic rings. The molecule has 2 rings (SSSR count). The van der Waals surface area contributed by atoms with Crippen molar-refractivity contribution in [1.82, 2.24) is 5.32 Å². The van der Waals surface area contributed by atoms with Crippen LogP contribution in [0.15, 0.2) is 42.5 Å². The van der Waals surface area contributed by atoms with Gasteiger partial charge in [-0.05, 0) is 36.8 Å². The van der Waals surface area contributed by atoms with Gasteiger partial charge in [0.2, 0.25) is 0 Å². The summed E-state index contributed by atoms with van der Waals surface area (Å²) in [6.07, 6.45) is 0. The second-order valence-electron chi connectivity index (χ2n) is 4.80. The fourth-order valence-corrected chi connectivity index (χ4v) is 2.22. The smallest absolute Gasteiger partial charge is 0.259 e. The predicted molar refractivity (Wildman–Crippen MR) is 88.3 cm³/mol. The molecule has 0 aromatic heterocycles. The third-order valence-electron chi connectivity index (χ3n) is 3.34. The van der Waals surface area contributed by atoms with Gasteiger partial charge in [-0.3, -0.25) is 4.79 Å². The number of ether oxygens (including phenoxy) is 3. The number of amides is 1. The first-order valence-corrected chi connectivity index (χ1v) is 7.40. The van der Waals surface area contributed by atoms with Crippen molar-refractivity contribution in [3.8, 4) is 17.2 Å². The molecule has 0 saturated carbocycles. The van der Waals surface area contributed by atoms with E-state index in [2.05, 4.69) is 5.32 Å². The molecular weight excluding hydrogens is 294 g/mol. The van der Waals surface area contributed by atoms with Crippen molar-refractivity contribution in [1.29, 1.82) is 0 Å². The first-order valence-electron chi connectivity index (χ1n) is 7.40. The molecule has 0 unspecified atom stereocenters. The maximum absolute atomic E-state index is 12.5.